The first-order chi connectivity index (χ1) is 17.8. The molecule has 14 nitrogen and oxygen atoms in total. The maximum absolute atomic E-state index is 13.0. The van der Waals surface area contributed by atoms with Gasteiger partial charge in [0.25, 0.3) is 11.8 Å². The van der Waals surface area contributed by atoms with E-state index in [0.717, 1.165) is 17.8 Å². The molecule has 0 aromatic carbocycles. The van der Waals surface area contributed by atoms with Crippen LogP contribution in [0.2, 0.25) is 0 Å². The maximum atomic E-state index is 13.0. The van der Waals surface area contributed by atoms with Crippen molar-refractivity contribution in [3.05, 3.63) is 22.3 Å². The lowest BCUT2D eigenvalue weighted by molar-refractivity contribution is -0.150. The van der Waals surface area contributed by atoms with Crippen LogP contribution < -0.4 is 11.1 Å². The maximum Gasteiger partial charge on any atom is 0.352 e. The minimum atomic E-state index is -1.23. The summed E-state index contributed by atoms with van der Waals surface area (Å²) in [6, 6.07) is -0.966. The van der Waals surface area contributed by atoms with Gasteiger partial charge in [-0.25, -0.2) is 14.5 Å². The zero-order chi connectivity index (χ0) is 26.5. The quantitative estimate of drug-likeness (QED) is 0.0830. The van der Waals surface area contributed by atoms with E-state index in [1.54, 1.807) is 4.68 Å². The third-order valence-corrected chi connectivity index (χ3v) is 8.19. The van der Waals surface area contributed by atoms with E-state index >= 15 is 0 Å². The Kier molecular flexibility index (Phi) is 8.31. The molecule has 1 saturated heterocycles. The van der Waals surface area contributed by atoms with E-state index in [0.29, 0.717) is 28.8 Å². The molecule has 17 heteroatoms. The number of tetrazole rings is 1. The van der Waals surface area contributed by atoms with Crippen LogP contribution in [0, 0.1) is 12.3 Å². The second-order valence-electron chi connectivity index (χ2n) is 7.58. The number of nitrogens with two attached hydrogens (primary N) is 1. The molecule has 2 aromatic heterocycles. The van der Waals surface area contributed by atoms with Gasteiger partial charge in [0.1, 0.15) is 22.8 Å². The lowest BCUT2D eigenvalue weighted by atomic mass is 10.0. The standard InChI is InChI=1S/C20H21N9O5S3/c1-3-5-28-20(24-26-27-28)37-8-10-7-35-17-13(16(31)29(17)14(10)18(32)33)23-15(30)12(25-34-6-4-2)11-9-36-19(21)22-11/h2,9,13,17H,3,5-8H2,1H3,(H2,21,22)(H,23,30)(H,32,33)/b25-12+/t13?,17-/m1/s1. The van der Waals surface area contributed by atoms with E-state index in [9.17, 15) is 19.5 Å². The molecule has 2 atom stereocenters. The van der Waals surface area contributed by atoms with Crippen LogP contribution >= 0.6 is 34.9 Å². The summed E-state index contributed by atoms with van der Waals surface area (Å²) in [7, 11) is 0. The number of hydrogen-bond acceptors (Lipinski definition) is 13. The van der Waals surface area contributed by atoms with Crippen LogP contribution in [0.5, 0.6) is 0 Å². The molecule has 0 bridgehead atoms. The number of terminal acetylenes is 1. The number of hydrogen-bond donors (Lipinski definition) is 3. The van der Waals surface area contributed by atoms with Gasteiger partial charge in [0.05, 0.1) is 0 Å². The summed E-state index contributed by atoms with van der Waals surface area (Å²) in [4.78, 5) is 48.3. The highest BCUT2D eigenvalue weighted by Gasteiger charge is 2.54. The van der Waals surface area contributed by atoms with Gasteiger partial charge in [-0.1, -0.05) is 29.8 Å². The van der Waals surface area contributed by atoms with E-state index in [4.69, 9.17) is 17.0 Å². The van der Waals surface area contributed by atoms with Crippen molar-refractivity contribution in [1.29, 1.82) is 0 Å². The van der Waals surface area contributed by atoms with Gasteiger partial charge in [-0.3, -0.25) is 14.5 Å². The molecule has 37 heavy (non-hydrogen) atoms. The Labute approximate surface area is 223 Å². The number of β-lactam (4-membered cyclic amide) rings is 1. The lowest BCUT2D eigenvalue weighted by Gasteiger charge is -2.49. The number of aliphatic carboxylic acids is 1. The Balaban J connectivity index is 1.48. The van der Waals surface area contributed by atoms with E-state index in [2.05, 4.69) is 36.9 Å². The average molecular weight is 564 g/mol. The van der Waals surface area contributed by atoms with Crippen LogP contribution in [-0.4, -0.2) is 88.2 Å². The van der Waals surface area contributed by atoms with Crippen molar-refractivity contribution in [2.24, 2.45) is 5.16 Å². The predicted octanol–water partition coefficient (Wildman–Crippen LogP) is 0.00660. The molecule has 1 unspecified atom stereocenters. The number of nitrogens with zero attached hydrogens (tertiary/aromatic N) is 7. The highest BCUT2D eigenvalue weighted by Crippen LogP contribution is 2.41. The van der Waals surface area contributed by atoms with Crippen molar-refractivity contribution in [1.82, 2.24) is 35.4 Å². The van der Waals surface area contributed by atoms with E-state index in [1.807, 2.05) is 6.92 Å². The van der Waals surface area contributed by atoms with Crippen molar-refractivity contribution in [3.63, 3.8) is 0 Å². The Morgan fingerprint density at radius 2 is 2.30 bits per heavy atom. The van der Waals surface area contributed by atoms with E-state index < -0.39 is 29.2 Å². The number of carboxylic acids is 1. The van der Waals surface area contributed by atoms with E-state index in [-0.39, 0.29) is 28.8 Å². The SMILES string of the molecule is C#CCO/N=C(/C(=O)NC1C(=O)N2C(C(=O)O)=C(CSc3nnnn3CCC)CS[C@H]12)c1csc(N)n1. The van der Waals surface area contributed by atoms with Gasteiger partial charge in [-0.15, -0.1) is 34.6 Å². The van der Waals surface area contributed by atoms with Crippen molar-refractivity contribution >= 4 is 63.5 Å². The number of amides is 2. The largest absolute Gasteiger partial charge is 0.477 e. The van der Waals surface area contributed by atoms with Gasteiger partial charge in [-0.2, -0.15) is 0 Å². The topological polar surface area (TPSA) is 191 Å². The van der Waals surface area contributed by atoms with Crippen LogP contribution in [0.25, 0.3) is 0 Å². The first-order valence-electron chi connectivity index (χ1n) is 10.8. The fourth-order valence-corrected chi connectivity index (χ4v) is 6.48. The number of fused-ring (bicyclic) bond motifs is 1. The van der Waals surface area contributed by atoms with Crippen molar-refractivity contribution in [2.45, 2.75) is 36.5 Å². The molecule has 0 aliphatic carbocycles. The van der Waals surface area contributed by atoms with Gasteiger partial charge in [-0.05, 0) is 22.4 Å². The van der Waals surface area contributed by atoms with Gasteiger partial charge >= 0.3 is 5.97 Å². The number of anilines is 1. The first-order valence-corrected chi connectivity index (χ1v) is 13.7. The van der Waals surface area contributed by atoms with Crippen LogP contribution in [0.3, 0.4) is 0 Å². The summed E-state index contributed by atoms with van der Waals surface area (Å²) in [5.41, 5.74) is 6.08. The smallest absolute Gasteiger partial charge is 0.352 e. The number of rotatable bonds is 11. The highest BCUT2D eigenvalue weighted by molar-refractivity contribution is 8.01. The fraction of sp³-hybridized carbons (Fsp3) is 0.400. The predicted molar refractivity (Wildman–Crippen MR) is 136 cm³/mol. The summed E-state index contributed by atoms with van der Waals surface area (Å²) in [6.45, 7) is 2.45. The molecule has 1 fully saturated rings. The molecule has 2 amide bonds. The Hall–Kier alpha value is -3.62. The summed E-state index contributed by atoms with van der Waals surface area (Å²) in [6.07, 6.45) is 6.00. The number of nitrogens with one attached hydrogen (secondary N) is 1. The van der Waals surface area contributed by atoms with Crippen molar-refractivity contribution in [2.75, 3.05) is 23.8 Å². The normalized spacial score (nSPS) is 19.2. The molecule has 4 heterocycles. The molecule has 0 radical (unpaired) electrons. The van der Waals surface area contributed by atoms with Gasteiger partial charge in [0.2, 0.25) is 5.16 Å². The minimum absolute atomic E-state index is 0.0974. The van der Waals surface area contributed by atoms with Crippen LogP contribution in [0.4, 0.5) is 5.13 Å². The summed E-state index contributed by atoms with van der Waals surface area (Å²) < 4.78 is 1.65. The molecule has 0 spiro atoms. The van der Waals surface area contributed by atoms with Gasteiger partial charge < -0.3 is 21.0 Å². The number of carboxylic acid groups (broad SMARTS) is 1. The minimum Gasteiger partial charge on any atom is -0.477 e. The summed E-state index contributed by atoms with van der Waals surface area (Å²) >= 11 is 3.75. The van der Waals surface area contributed by atoms with Crippen molar-refractivity contribution < 1.29 is 24.3 Å². The second-order valence-corrected chi connectivity index (χ2v) is 10.5. The zero-order valence-corrected chi connectivity index (χ0v) is 21.8. The number of aryl methyl sites for hydroxylation is 1. The van der Waals surface area contributed by atoms with Crippen LogP contribution in [0.1, 0.15) is 19.0 Å². The number of carbonyl (C=O) groups is 3. The summed E-state index contributed by atoms with van der Waals surface area (Å²) in [5.74, 6) is 0.361. The number of nitrogen functional groups attached to an aromatic ring is 1. The van der Waals surface area contributed by atoms with Gasteiger partial charge in [0.15, 0.2) is 17.5 Å². The fourth-order valence-electron chi connectivity index (χ4n) is 3.54. The molecular formula is C20H21N9O5S3. The number of aromatic nitrogens is 5. The zero-order valence-electron chi connectivity index (χ0n) is 19.4. The number of carbonyl (C=O) groups excluding carboxylic acids is 2. The van der Waals surface area contributed by atoms with Gasteiger partial charge in [0, 0.05) is 23.4 Å². The molecular weight excluding hydrogens is 542 g/mol. The average Bonchev–Trinajstić information content (AvgIpc) is 3.51. The Morgan fingerprint density at radius 3 is 2.97 bits per heavy atom. The van der Waals surface area contributed by atoms with E-state index in [1.165, 1.54) is 33.8 Å². The highest BCUT2D eigenvalue weighted by atomic mass is 32.2. The Bertz CT molecular complexity index is 1310. The third kappa shape index (κ3) is 5.55. The molecule has 2 aromatic rings. The number of oxime groups is 1. The second kappa shape index (κ2) is 11.6. The molecule has 0 saturated carbocycles. The lowest BCUT2D eigenvalue weighted by Crippen LogP contribution is -2.71. The van der Waals surface area contributed by atoms with Crippen molar-refractivity contribution in [3.8, 4) is 12.3 Å². The number of thioether (sulfide) groups is 2. The van der Waals surface area contributed by atoms with Crippen LogP contribution in [-0.2, 0) is 25.8 Å². The molecule has 2 aliphatic rings. The van der Waals surface area contributed by atoms with Crippen LogP contribution in [0.15, 0.2) is 27.0 Å². The molecule has 194 valence electrons. The molecule has 4 rings (SSSR count). The number of thiazole rings is 1. The summed E-state index contributed by atoms with van der Waals surface area (Å²) in [5, 5.41) is 29.5. The first kappa shape index (κ1) is 26.4. The molecule has 4 N–H and O–H groups in total. The Morgan fingerprint density at radius 1 is 1.49 bits per heavy atom. The molecule has 2 aliphatic heterocycles. The monoisotopic (exact) mass is 563 g/mol. The third-order valence-electron chi connectivity index (χ3n) is 5.13.